The lowest BCUT2D eigenvalue weighted by Crippen LogP contribution is -2.35. The van der Waals surface area contributed by atoms with Gasteiger partial charge in [0.05, 0.1) is 6.61 Å². The predicted octanol–water partition coefficient (Wildman–Crippen LogP) is 5.79. The van der Waals surface area contributed by atoms with E-state index >= 15 is 0 Å². The fourth-order valence-corrected chi connectivity index (χ4v) is 4.12. The lowest BCUT2D eigenvalue weighted by atomic mass is 10.1. The van der Waals surface area contributed by atoms with Crippen LogP contribution in [0.15, 0.2) is 48.5 Å². The third-order valence-electron chi connectivity index (χ3n) is 5.89. The van der Waals surface area contributed by atoms with E-state index in [0.717, 1.165) is 38.1 Å². The van der Waals surface area contributed by atoms with Crippen molar-refractivity contribution in [3.05, 3.63) is 59.7 Å². The average molecular weight is 482 g/mol. The van der Waals surface area contributed by atoms with E-state index in [2.05, 4.69) is 17.6 Å². The minimum absolute atomic E-state index is 0.0612. The number of ether oxygens (including phenoxy) is 1. The molecule has 0 aliphatic carbocycles. The van der Waals surface area contributed by atoms with Crippen LogP contribution in [0.3, 0.4) is 0 Å². The second kappa shape index (κ2) is 13.7. The summed E-state index contributed by atoms with van der Waals surface area (Å²) in [5, 5.41) is 5.89. The number of anilines is 1. The highest BCUT2D eigenvalue weighted by molar-refractivity contribution is 7.80. The molecule has 2 aromatic rings. The summed E-state index contributed by atoms with van der Waals surface area (Å²) in [7, 11) is 0. The normalized spacial score (nSPS) is 13.3. The van der Waals surface area contributed by atoms with E-state index in [1.165, 1.54) is 32.1 Å². The number of amides is 2. The van der Waals surface area contributed by atoms with E-state index in [1.54, 1.807) is 48.5 Å². The van der Waals surface area contributed by atoms with Crippen molar-refractivity contribution in [1.82, 2.24) is 10.2 Å². The van der Waals surface area contributed by atoms with Gasteiger partial charge in [-0.05, 0) is 86.4 Å². The van der Waals surface area contributed by atoms with Crippen LogP contribution < -0.4 is 15.4 Å². The molecule has 0 spiro atoms. The SMILES string of the molecule is CCCCCCCOc1ccc(C(=O)NC(=S)Nc2ccc(C(=O)N3CCCCC3)cc2)cc1. The molecule has 1 aliphatic heterocycles. The Labute approximate surface area is 208 Å². The second-order valence-corrected chi connectivity index (χ2v) is 9.03. The van der Waals surface area contributed by atoms with E-state index in [4.69, 9.17) is 17.0 Å². The number of nitrogens with one attached hydrogen (secondary N) is 2. The Hall–Kier alpha value is -2.93. The number of hydrogen-bond acceptors (Lipinski definition) is 4. The largest absolute Gasteiger partial charge is 0.494 e. The molecule has 0 bridgehead atoms. The van der Waals surface area contributed by atoms with Gasteiger partial charge in [0.1, 0.15) is 5.75 Å². The van der Waals surface area contributed by atoms with E-state index < -0.39 is 0 Å². The number of likely N-dealkylation sites (tertiary alicyclic amines) is 1. The number of hydrogen-bond donors (Lipinski definition) is 2. The minimum Gasteiger partial charge on any atom is -0.494 e. The van der Waals surface area contributed by atoms with Gasteiger partial charge in [0.2, 0.25) is 0 Å². The van der Waals surface area contributed by atoms with Gasteiger partial charge in [-0.25, -0.2) is 0 Å². The summed E-state index contributed by atoms with van der Waals surface area (Å²) in [4.78, 5) is 27.0. The molecular formula is C27H35N3O3S. The molecule has 0 aromatic heterocycles. The topological polar surface area (TPSA) is 70.7 Å². The van der Waals surface area contributed by atoms with Crippen molar-refractivity contribution >= 4 is 34.8 Å². The highest BCUT2D eigenvalue weighted by Gasteiger charge is 2.18. The standard InChI is InChI=1S/C27H35N3O3S/c1-2-3-4-5-9-20-33-24-16-12-21(13-17-24)25(31)29-27(34)28-23-14-10-22(11-15-23)26(32)30-18-7-6-8-19-30/h10-17H,2-9,18-20H2,1H3,(H2,28,29,31,34). The van der Waals surface area contributed by atoms with Gasteiger partial charge in [-0.1, -0.05) is 32.6 Å². The summed E-state index contributed by atoms with van der Waals surface area (Å²) in [6, 6.07) is 14.2. The Bertz CT molecular complexity index is 939. The van der Waals surface area contributed by atoms with Crippen LogP contribution in [0.4, 0.5) is 5.69 Å². The molecular weight excluding hydrogens is 446 g/mol. The zero-order valence-corrected chi connectivity index (χ0v) is 20.8. The molecule has 0 atom stereocenters. The summed E-state index contributed by atoms with van der Waals surface area (Å²) >= 11 is 5.28. The monoisotopic (exact) mass is 481 g/mol. The van der Waals surface area contributed by atoms with Crippen molar-refractivity contribution in [2.45, 2.75) is 58.3 Å². The number of rotatable bonds is 10. The molecule has 1 heterocycles. The van der Waals surface area contributed by atoms with Gasteiger partial charge in [0.25, 0.3) is 11.8 Å². The summed E-state index contributed by atoms with van der Waals surface area (Å²) in [5.41, 5.74) is 1.87. The van der Waals surface area contributed by atoms with Crippen molar-refractivity contribution in [3.63, 3.8) is 0 Å². The third-order valence-corrected chi connectivity index (χ3v) is 6.10. The Morgan fingerprint density at radius 3 is 2.21 bits per heavy atom. The molecule has 7 heteroatoms. The van der Waals surface area contributed by atoms with Crippen molar-refractivity contribution < 1.29 is 14.3 Å². The first-order chi connectivity index (χ1) is 16.6. The Morgan fingerprint density at radius 1 is 0.882 bits per heavy atom. The summed E-state index contributed by atoms with van der Waals surface area (Å²) in [5.74, 6) is 0.526. The first-order valence-corrected chi connectivity index (χ1v) is 12.7. The summed E-state index contributed by atoms with van der Waals surface area (Å²) in [6.45, 7) is 4.53. The molecule has 34 heavy (non-hydrogen) atoms. The third kappa shape index (κ3) is 8.13. The molecule has 6 nitrogen and oxygen atoms in total. The Kier molecular flexibility index (Phi) is 10.3. The molecule has 1 aliphatic rings. The van der Waals surface area contributed by atoms with Gasteiger partial charge >= 0.3 is 0 Å². The number of nitrogens with zero attached hydrogens (tertiary/aromatic N) is 1. The van der Waals surface area contributed by atoms with Gasteiger partial charge in [0.15, 0.2) is 5.11 Å². The van der Waals surface area contributed by atoms with Gasteiger partial charge in [0, 0.05) is 29.9 Å². The highest BCUT2D eigenvalue weighted by Crippen LogP contribution is 2.16. The molecule has 2 amide bonds. The van der Waals surface area contributed by atoms with Gasteiger partial charge in [-0.2, -0.15) is 0 Å². The molecule has 0 unspecified atom stereocenters. The van der Waals surface area contributed by atoms with Crippen LogP contribution in [0, 0.1) is 0 Å². The molecule has 182 valence electrons. The Morgan fingerprint density at radius 2 is 1.53 bits per heavy atom. The van der Waals surface area contributed by atoms with Crippen LogP contribution in [0.2, 0.25) is 0 Å². The molecule has 3 rings (SSSR count). The number of unbranched alkanes of at least 4 members (excludes halogenated alkanes) is 4. The fourth-order valence-electron chi connectivity index (χ4n) is 3.91. The lowest BCUT2D eigenvalue weighted by molar-refractivity contribution is 0.0724. The van der Waals surface area contributed by atoms with Crippen molar-refractivity contribution in [1.29, 1.82) is 0 Å². The number of thiocarbonyl (C=S) groups is 1. The molecule has 2 aromatic carbocycles. The predicted molar refractivity (Wildman–Crippen MR) is 141 cm³/mol. The zero-order chi connectivity index (χ0) is 24.2. The fraction of sp³-hybridized carbons (Fsp3) is 0.444. The minimum atomic E-state index is -0.291. The van der Waals surface area contributed by atoms with Crippen molar-refractivity contribution in [3.8, 4) is 5.75 Å². The van der Waals surface area contributed by atoms with E-state index in [9.17, 15) is 9.59 Å². The first-order valence-electron chi connectivity index (χ1n) is 12.3. The zero-order valence-electron chi connectivity index (χ0n) is 20.0. The molecule has 0 saturated carbocycles. The summed E-state index contributed by atoms with van der Waals surface area (Å²) < 4.78 is 5.75. The van der Waals surface area contributed by atoms with Crippen LogP contribution in [-0.4, -0.2) is 41.5 Å². The maximum absolute atomic E-state index is 12.6. The first kappa shape index (κ1) is 25.7. The quantitative estimate of drug-likeness (QED) is 0.332. The highest BCUT2D eigenvalue weighted by atomic mass is 32.1. The van der Waals surface area contributed by atoms with Crippen molar-refractivity contribution in [2.24, 2.45) is 0 Å². The van der Waals surface area contributed by atoms with Crippen LogP contribution in [0.25, 0.3) is 0 Å². The van der Waals surface area contributed by atoms with Crippen LogP contribution in [-0.2, 0) is 0 Å². The average Bonchev–Trinajstić information content (AvgIpc) is 2.87. The smallest absolute Gasteiger partial charge is 0.257 e. The summed E-state index contributed by atoms with van der Waals surface area (Å²) in [6.07, 6.45) is 9.27. The van der Waals surface area contributed by atoms with Gasteiger partial charge in [-0.3, -0.25) is 14.9 Å². The van der Waals surface area contributed by atoms with E-state index in [1.807, 2.05) is 4.90 Å². The number of benzene rings is 2. The van der Waals surface area contributed by atoms with E-state index in [-0.39, 0.29) is 16.9 Å². The molecule has 2 N–H and O–H groups in total. The molecule has 0 radical (unpaired) electrons. The Balaban J connectivity index is 1.42. The van der Waals surface area contributed by atoms with Crippen LogP contribution >= 0.6 is 12.2 Å². The number of piperidine rings is 1. The maximum atomic E-state index is 12.6. The van der Waals surface area contributed by atoms with Crippen LogP contribution in [0.1, 0.15) is 79.0 Å². The van der Waals surface area contributed by atoms with E-state index in [0.29, 0.717) is 23.4 Å². The van der Waals surface area contributed by atoms with Crippen molar-refractivity contribution in [2.75, 3.05) is 25.0 Å². The maximum Gasteiger partial charge on any atom is 0.257 e. The molecule has 1 fully saturated rings. The van der Waals surface area contributed by atoms with Crippen LogP contribution in [0.5, 0.6) is 5.75 Å². The number of carbonyl (C=O) groups excluding carboxylic acids is 2. The molecule has 1 saturated heterocycles. The number of carbonyl (C=O) groups is 2. The van der Waals surface area contributed by atoms with Gasteiger partial charge in [-0.15, -0.1) is 0 Å². The van der Waals surface area contributed by atoms with Gasteiger partial charge < -0.3 is 15.0 Å². The second-order valence-electron chi connectivity index (χ2n) is 8.63. The lowest BCUT2D eigenvalue weighted by Gasteiger charge is -2.26.